The van der Waals surface area contributed by atoms with Crippen molar-refractivity contribution >= 4 is 11.8 Å². The van der Waals surface area contributed by atoms with Crippen LogP contribution >= 0.6 is 0 Å². The molecule has 2 N–H and O–H groups in total. The van der Waals surface area contributed by atoms with Crippen molar-refractivity contribution in [2.24, 2.45) is 5.73 Å². The summed E-state index contributed by atoms with van der Waals surface area (Å²) >= 11 is 0. The van der Waals surface area contributed by atoms with Crippen molar-refractivity contribution in [1.82, 2.24) is 9.80 Å². The van der Waals surface area contributed by atoms with Crippen LogP contribution < -0.4 is 5.73 Å². The third-order valence-corrected chi connectivity index (χ3v) is 4.21. The van der Waals surface area contributed by atoms with E-state index in [4.69, 9.17) is 5.73 Å². The average Bonchev–Trinajstić information content (AvgIpc) is 2.46. The number of amides is 2. The number of likely N-dealkylation sites (N-methyl/N-ethyl adjacent to an activating group) is 1. The van der Waals surface area contributed by atoms with Crippen LogP contribution in [0, 0.1) is 0 Å². The highest BCUT2D eigenvalue weighted by Gasteiger charge is 2.44. The van der Waals surface area contributed by atoms with Gasteiger partial charge in [0, 0.05) is 26.7 Å². The Balaban J connectivity index is 2.28. The zero-order chi connectivity index (χ0) is 15.6. The van der Waals surface area contributed by atoms with Gasteiger partial charge in [0.15, 0.2) is 0 Å². The molecule has 1 atom stereocenters. The molecule has 1 aliphatic rings. The first-order valence-electron chi connectivity index (χ1n) is 7.21. The molecule has 1 heterocycles. The van der Waals surface area contributed by atoms with Crippen molar-refractivity contribution < 1.29 is 9.59 Å². The Hall–Kier alpha value is -1.88. The molecule has 1 aromatic rings. The van der Waals surface area contributed by atoms with Gasteiger partial charge in [0.25, 0.3) is 0 Å². The largest absolute Gasteiger partial charge is 0.342 e. The van der Waals surface area contributed by atoms with E-state index in [-0.39, 0.29) is 18.4 Å². The standard InChI is InChI=1S/C16H23N3O2/c1-16(2)15(21)18(3)9-10-19(16)14(20)13(11-17)12-7-5-4-6-8-12/h4-8,13H,9-11,17H2,1-3H3. The zero-order valence-electron chi connectivity index (χ0n) is 12.9. The molecule has 1 unspecified atom stereocenters. The fourth-order valence-electron chi connectivity index (χ4n) is 2.85. The van der Waals surface area contributed by atoms with E-state index in [1.54, 1.807) is 30.7 Å². The maximum Gasteiger partial charge on any atom is 0.247 e. The summed E-state index contributed by atoms with van der Waals surface area (Å²) in [6.07, 6.45) is 0. The molecule has 2 rings (SSSR count). The highest BCUT2D eigenvalue weighted by atomic mass is 16.2. The minimum absolute atomic E-state index is 0.0362. The zero-order valence-corrected chi connectivity index (χ0v) is 12.9. The van der Waals surface area contributed by atoms with Crippen LogP contribution in [0.5, 0.6) is 0 Å². The number of carbonyl (C=O) groups excluding carboxylic acids is 2. The Bertz CT molecular complexity index is 528. The summed E-state index contributed by atoms with van der Waals surface area (Å²) in [5.41, 5.74) is 5.89. The summed E-state index contributed by atoms with van der Waals surface area (Å²) < 4.78 is 0. The first-order chi connectivity index (χ1) is 9.89. The van der Waals surface area contributed by atoms with Gasteiger partial charge >= 0.3 is 0 Å². The first-order valence-corrected chi connectivity index (χ1v) is 7.21. The Morgan fingerprint density at radius 1 is 1.29 bits per heavy atom. The molecule has 0 aromatic heterocycles. The van der Waals surface area contributed by atoms with Crippen LogP contribution in [0.4, 0.5) is 0 Å². The highest BCUT2D eigenvalue weighted by Crippen LogP contribution is 2.27. The molecule has 5 heteroatoms. The molecular formula is C16H23N3O2. The Morgan fingerprint density at radius 3 is 2.48 bits per heavy atom. The van der Waals surface area contributed by atoms with Crippen molar-refractivity contribution in [2.45, 2.75) is 25.3 Å². The Kier molecular flexibility index (Phi) is 4.32. The smallest absolute Gasteiger partial charge is 0.247 e. The maximum atomic E-state index is 12.9. The predicted molar refractivity (Wildman–Crippen MR) is 81.7 cm³/mol. The van der Waals surface area contributed by atoms with Crippen LogP contribution in [0.3, 0.4) is 0 Å². The second-order valence-electron chi connectivity index (χ2n) is 5.97. The molecule has 1 aromatic carbocycles. The number of nitrogens with zero attached hydrogens (tertiary/aromatic N) is 2. The van der Waals surface area contributed by atoms with Crippen molar-refractivity contribution in [3.63, 3.8) is 0 Å². The van der Waals surface area contributed by atoms with E-state index >= 15 is 0 Å². The lowest BCUT2D eigenvalue weighted by atomic mass is 9.92. The van der Waals surface area contributed by atoms with E-state index < -0.39 is 11.5 Å². The molecule has 2 amide bonds. The highest BCUT2D eigenvalue weighted by molar-refractivity contribution is 5.94. The minimum atomic E-state index is -0.827. The fraction of sp³-hybridized carbons (Fsp3) is 0.500. The van der Waals surface area contributed by atoms with Gasteiger partial charge < -0.3 is 15.5 Å². The van der Waals surface area contributed by atoms with Gasteiger partial charge in [-0.15, -0.1) is 0 Å². The molecule has 0 saturated carbocycles. The summed E-state index contributed by atoms with van der Waals surface area (Å²) in [7, 11) is 1.77. The summed E-state index contributed by atoms with van der Waals surface area (Å²) in [5.74, 6) is -0.511. The van der Waals surface area contributed by atoms with Crippen LogP contribution in [0.25, 0.3) is 0 Å². The summed E-state index contributed by atoms with van der Waals surface area (Å²) in [6, 6.07) is 9.50. The third kappa shape index (κ3) is 2.78. The van der Waals surface area contributed by atoms with Crippen LogP contribution in [0.15, 0.2) is 30.3 Å². The second kappa shape index (κ2) is 5.85. The monoisotopic (exact) mass is 289 g/mol. The van der Waals surface area contributed by atoms with Crippen LogP contribution in [0.1, 0.15) is 25.3 Å². The van der Waals surface area contributed by atoms with Gasteiger partial charge in [-0.2, -0.15) is 0 Å². The molecular weight excluding hydrogens is 266 g/mol. The van der Waals surface area contributed by atoms with E-state index in [9.17, 15) is 9.59 Å². The summed E-state index contributed by atoms with van der Waals surface area (Å²) in [6.45, 7) is 4.92. The molecule has 1 aliphatic heterocycles. The van der Waals surface area contributed by atoms with E-state index in [2.05, 4.69) is 0 Å². The summed E-state index contributed by atoms with van der Waals surface area (Å²) in [5, 5.41) is 0. The van der Waals surface area contributed by atoms with Gasteiger partial charge in [-0.05, 0) is 19.4 Å². The van der Waals surface area contributed by atoms with Crippen molar-refractivity contribution in [3.8, 4) is 0 Å². The lowest BCUT2D eigenvalue weighted by Crippen LogP contribution is -2.64. The number of rotatable bonds is 3. The lowest BCUT2D eigenvalue weighted by Gasteiger charge is -2.45. The second-order valence-corrected chi connectivity index (χ2v) is 5.97. The average molecular weight is 289 g/mol. The quantitative estimate of drug-likeness (QED) is 0.895. The minimum Gasteiger partial charge on any atom is -0.342 e. The molecule has 0 spiro atoms. The molecule has 0 bridgehead atoms. The van der Waals surface area contributed by atoms with Gasteiger partial charge in [0.1, 0.15) is 5.54 Å². The Labute approximate surface area is 125 Å². The van der Waals surface area contributed by atoms with Crippen molar-refractivity contribution in [1.29, 1.82) is 0 Å². The normalized spacial score (nSPS) is 19.5. The van der Waals surface area contributed by atoms with Crippen LogP contribution in [0.2, 0.25) is 0 Å². The number of benzene rings is 1. The van der Waals surface area contributed by atoms with Crippen molar-refractivity contribution in [3.05, 3.63) is 35.9 Å². The number of piperazine rings is 1. The third-order valence-electron chi connectivity index (χ3n) is 4.21. The number of hydrogen-bond acceptors (Lipinski definition) is 3. The number of carbonyl (C=O) groups is 2. The van der Waals surface area contributed by atoms with Crippen molar-refractivity contribution in [2.75, 3.05) is 26.7 Å². The van der Waals surface area contributed by atoms with Crippen LogP contribution in [-0.2, 0) is 9.59 Å². The maximum absolute atomic E-state index is 12.9. The molecule has 5 nitrogen and oxygen atoms in total. The van der Waals surface area contributed by atoms with Gasteiger partial charge in [-0.1, -0.05) is 30.3 Å². The molecule has 0 aliphatic carbocycles. The van der Waals surface area contributed by atoms with E-state index in [1.165, 1.54) is 0 Å². The van der Waals surface area contributed by atoms with E-state index in [1.807, 2.05) is 30.3 Å². The number of nitrogens with two attached hydrogens (primary N) is 1. The van der Waals surface area contributed by atoms with Gasteiger partial charge in [0.05, 0.1) is 5.92 Å². The van der Waals surface area contributed by atoms with Crippen LogP contribution in [-0.4, -0.2) is 53.8 Å². The van der Waals surface area contributed by atoms with E-state index in [0.29, 0.717) is 13.1 Å². The lowest BCUT2D eigenvalue weighted by molar-refractivity contribution is -0.158. The molecule has 1 saturated heterocycles. The molecule has 114 valence electrons. The number of hydrogen-bond donors (Lipinski definition) is 1. The molecule has 21 heavy (non-hydrogen) atoms. The topological polar surface area (TPSA) is 66.6 Å². The molecule has 1 fully saturated rings. The van der Waals surface area contributed by atoms with E-state index in [0.717, 1.165) is 5.56 Å². The van der Waals surface area contributed by atoms with Gasteiger partial charge in [-0.3, -0.25) is 9.59 Å². The SMILES string of the molecule is CN1CCN(C(=O)C(CN)c2ccccc2)C(C)(C)C1=O. The van der Waals surface area contributed by atoms with Gasteiger partial charge in [-0.25, -0.2) is 0 Å². The summed E-state index contributed by atoms with van der Waals surface area (Å²) in [4.78, 5) is 28.5. The predicted octanol–water partition coefficient (Wildman–Crippen LogP) is 0.808. The molecule has 0 radical (unpaired) electrons. The fourth-order valence-corrected chi connectivity index (χ4v) is 2.85. The Morgan fingerprint density at radius 2 is 1.90 bits per heavy atom. The van der Waals surface area contributed by atoms with Gasteiger partial charge in [0.2, 0.25) is 11.8 Å². The first kappa shape index (κ1) is 15.5.